The highest BCUT2D eigenvalue weighted by Gasteiger charge is 2.31. The summed E-state index contributed by atoms with van der Waals surface area (Å²) in [6.07, 6.45) is 4.77. The van der Waals surface area contributed by atoms with Crippen molar-refractivity contribution in [2.45, 2.75) is 51.6 Å². The highest BCUT2D eigenvalue weighted by atomic mass is 15.0. The molecule has 0 amide bonds. The highest BCUT2D eigenvalue weighted by molar-refractivity contribution is 5.00. The molecule has 1 heteroatoms. The maximum absolute atomic E-state index is 3.60. The van der Waals surface area contributed by atoms with E-state index in [-0.39, 0.29) is 0 Å². The van der Waals surface area contributed by atoms with Gasteiger partial charge in [-0.25, -0.2) is 0 Å². The summed E-state index contributed by atoms with van der Waals surface area (Å²) in [5.41, 5.74) is 0.615. The molecule has 1 aliphatic heterocycles. The third kappa shape index (κ3) is 1.98. The first-order valence-electron chi connectivity index (χ1n) is 4.02. The molecule has 1 heterocycles. The zero-order chi connectivity index (χ0) is 7.83. The average molecular weight is 140 g/mol. The smallest absolute Gasteiger partial charge is 0.0132 e. The summed E-state index contributed by atoms with van der Waals surface area (Å²) >= 11 is 0. The summed E-state index contributed by atoms with van der Waals surface area (Å²) < 4.78 is 0. The lowest BCUT2D eigenvalue weighted by Gasteiger charge is -2.42. The van der Waals surface area contributed by atoms with Gasteiger partial charge in [-0.1, -0.05) is 0 Å². The standard InChI is InChI=1S/C9H18N/c1-8(2)6-5-7-9(3,4)10-8/h5,10H,6-7H2,1-4H3. The fraction of sp³-hybridized carbons (Fsp3) is 0.889. The molecule has 1 N–H and O–H groups in total. The van der Waals surface area contributed by atoms with Gasteiger partial charge >= 0.3 is 0 Å². The van der Waals surface area contributed by atoms with Crippen molar-refractivity contribution in [3.63, 3.8) is 0 Å². The first-order chi connectivity index (χ1) is 4.41. The zero-order valence-corrected chi connectivity index (χ0v) is 7.49. The topological polar surface area (TPSA) is 12.0 Å². The van der Waals surface area contributed by atoms with E-state index in [1.54, 1.807) is 0 Å². The number of piperidine rings is 1. The summed E-state index contributed by atoms with van der Waals surface area (Å²) in [4.78, 5) is 0. The molecule has 10 heavy (non-hydrogen) atoms. The van der Waals surface area contributed by atoms with Crippen molar-refractivity contribution in [1.82, 2.24) is 5.32 Å². The van der Waals surface area contributed by atoms with Crippen LogP contribution in [0.2, 0.25) is 0 Å². The Bertz CT molecular complexity index is 111. The fourth-order valence-electron chi connectivity index (χ4n) is 1.81. The van der Waals surface area contributed by atoms with E-state index in [4.69, 9.17) is 0 Å². The van der Waals surface area contributed by atoms with Crippen molar-refractivity contribution < 1.29 is 0 Å². The average Bonchev–Trinajstić information content (AvgIpc) is 1.56. The second-order valence-electron chi connectivity index (χ2n) is 4.59. The molecule has 0 bridgehead atoms. The normalized spacial score (nSPS) is 30.0. The minimum atomic E-state index is 0.307. The van der Waals surface area contributed by atoms with Gasteiger partial charge < -0.3 is 5.32 Å². The minimum absolute atomic E-state index is 0.307. The molecular formula is C9H18N. The van der Waals surface area contributed by atoms with Crippen LogP contribution in [0.3, 0.4) is 0 Å². The molecule has 59 valence electrons. The maximum atomic E-state index is 3.60. The number of hydrogen-bond donors (Lipinski definition) is 1. The Morgan fingerprint density at radius 1 is 1.00 bits per heavy atom. The van der Waals surface area contributed by atoms with Gasteiger partial charge in [-0.2, -0.15) is 0 Å². The summed E-state index contributed by atoms with van der Waals surface area (Å²) in [5.74, 6) is 0. The first-order valence-corrected chi connectivity index (χ1v) is 4.02. The highest BCUT2D eigenvalue weighted by Crippen LogP contribution is 2.26. The molecule has 0 aromatic heterocycles. The molecule has 0 atom stereocenters. The van der Waals surface area contributed by atoms with Crippen molar-refractivity contribution in [2.75, 3.05) is 0 Å². The Hall–Kier alpha value is -0.0400. The van der Waals surface area contributed by atoms with Gasteiger partial charge in [0.2, 0.25) is 0 Å². The van der Waals surface area contributed by atoms with Crippen LogP contribution < -0.4 is 5.32 Å². The molecule has 0 aliphatic carbocycles. The van der Waals surface area contributed by atoms with Crippen LogP contribution in [0.4, 0.5) is 0 Å². The molecule has 0 spiro atoms. The predicted octanol–water partition coefficient (Wildman–Crippen LogP) is 2.13. The van der Waals surface area contributed by atoms with Gasteiger partial charge in [0.15, 0.2) is 0 Å². The largest absolute Gasteiger partial charge is 0.307 e. The Balaban J connectivity index is 2.56. The van der Waals surface area contributed by atoms with Crippen molar-refractivity contribution >= 4 is 0 Å². The Kier molecular flexibility index (Phi) is 1.80. The summed E-state index contributed by atoms with van der Waals surface area (Å²) in [7, 11) is 0. The molecule has 0 aromatic rings. The van der Waals surface area contributed by atoms with Crippen LogP contribution in [0.15, 0.2) is 0 Å². The van der Waals surface area contributed by atoms with E-state index in [1.807, 2.05) is 0 Å². The van der Waals surface area contributed by atoms with Crippen LogP contribution in [0.1, 0.15) is 40.5 Å². The fourth-order valence-corrected chi connectivity index (χ4v) is 1.81. The van der Waals surface area contributed by atoms with Crippen molar-refractivity contribution in [2.24, 2.45) is 0 Å². The Morgan fingerprint density at radius 2 is 1.40 bits per heavy atom. The van der Waals surface area contributed by atoms with E-state index in [2.05, 4.69) is 39.4 Å². The van der Waals surface area contributed by atoms with E-state index in [1.165, 1.54) is 12.8 Å². The molecule has 1 radical (unpaired) electrons. The SMILES string of the molecule is CC1(C)C[CH]CC(C)(C)N1. The molecular weight excluding hydrogens is 122 g/mol. The van der Waals surface area contributed by atoms with E-state index < -0.39 is 0 Å². The lowest BCUT2D eigenvalue weighted by atomic mass is 9.83. The van der Waals surface area contributed by atoms with Crippen LogP contribution >= 0.6 is 0 Å². The molecule has 0 saturated carbocycles. The molecule has 1 saturated heterocycles. The second-order valence-corrected chi connectivity index (χ2v) is 4.59. The maximum Gasteiger partial charge on any atom is 0.0132 e. The quantitative estimate of drug-likeness (QED) is 0.543. The van der Waals surface area contributed by atoms with Crippen molar-refractivity contribution in [3.8, 4) is 0 Å². The lowest BCUT2D eigenvalue weighted by Crippen LogP contribution is -2.55. The van der Waals surface area contributed by atoms with Crippen LogP contribution in [0.25, 0.3) is 0 Å². The van der Waals surface area contributed by atoms with Gasteiger partial charge in [0.1, 0.15) is 0 Å². The number of rotatable bonds is 0. The van der Waals surface area contributed by atoms with Crippen molar-refractivity contribution in [3.05, 3.63) is 6.42 Å². The van der Waals surface area contributed by atoms with Crippen LogP contribution in [0, 0.1) is 6.42 Å². The predicted molar refractivity (Wildman–Crippen MR) is 44.8 cm³/mol. The molecule has 1 rings (SSSR count). The Labute approximate surface area is 64.2 Å². The van der Waals surface area contributed by atoms with Crippen LogP contribution in [-0.2, 0) is 0 Å². The third-order valence-electron chi connectivity index (χ3n) is 1.99. The van der Waals surface area contributed by atoms with Crippen LogP contribution in [-0.4, -0.2) is 11.1 Å². The molecule has 0 unspecified atom stereocenters. The minimum Gasteiger partial charge on any atom is -0.307 e. The van der Waals surface area contributed by atoms with E-state index in [0.29, 0.717) is 11.1 Å². The van der Waals surface area contributed by atoms with Gasteiger partial charge in [0, 0.05) is 11.1 Å². The van der Waals surface area contributed by atoms with Gasteiger partial charge in [0.25, 0.3) is 0 Å². The van der Waals surface area contributed by atoms with E-state index in [0.717, 1.165) is 0 Å². The second kappa shape index (κ2) is 2.23. The van der Waals surface area contributed by atoms with E-state index in [9.17, 15) is 0 Å². The van der Waals surface area contributed by atoms with Crippen LogP contribution in [0.5, 0.6) is 0 Å². The van der Waals surface area contributed by atoms with Gasteiger partial charge in [-0.05, 0) is 47.0 Å². The summed E-state index contributed by atoms with van der Waals surface area (Å²) in [6, 6.07) is 0. The van der Waals surface area contributed by atoms with Gasteiger partial charge in [-0.3, -0.25) is 0 Å². The first kappa shape index (κ1) is 8.06. The molecule has 0 aromatic carbocycles. The third-order valence-corrected chi connectivity index (χ3v) is 1.99. The zero-order valence-electron chi connectivity index (χ0n) is 7.49. The summed E-state index contributed by atoms with van der Waals surface area (Å²) in [6.45, 7) is 9.02. The van der Waals surface area contributed by atoms with Gasteiger partial charge in [0.05, 0.1) is 0 Å². The van der Waals surface area contributed by atoms with Crippen molar-refractivity contribution in [1.29, 1.82) is 0 Å². The number of nitrogens with one attached hydrogen (secondary N) is 1. The number of hydrogen-bond acceptors (Lipinski definition) is 1. The molecule has 1 aliphatic rings. The molecule has 1 nitrogen and oxygen atoms in total. The molecule has 1 fully saturated rings. The summed E-state index contributed by atoms with van der Waals surface area (Å²) in [5, 5.41) is 3.60. The lowest BCUT2D eigenvalue weighted by molar-refractivity contribution is 0.219. The Morgan fingerprint density at radius 3 is 1.60 bits per heavy atom. The monoisotopic (exact) mass is 140 g/mol. The van der Waals surface area contributed by atoms with E-state index >= 15 is 0 Å². The van der Waals surface area contributed by atoms with Gasteiger partial charge in [-0.15, -0.1) is 0 Å².